The first-order valence-electron chi connectivity index (χ1n) is 7.48. The second-order valence-corrected chi connectivity index (χ2v) is 6.10. The van der Waals surface area contributed by atoms with Crippen LogP contribution in [0, 0.1) is 17.8 Å². The van der Waals surface area contributed by atoms with Gasteiger partial charge in [0.2, 0.25) is 5.91 Å². The fourth-order valence-electron chi connectivity index (χ4n) is 1.61. The van der Waals surface area contributed by atoms with Gasteiger partial charge in [-0.2, -0.15) is 0 Å². The Morgan fingerprint density at radius 3 is 1.76 bits per heavy atom. The number of carbonyl (C=O) groups excluding carboxylic acids is 1. The molecular weight excluding hydrogens is 272 g/mol. The summed E-state index contributed by atoms with van der Waals surface area (Å²) in [6.45, 7) is 9.40. The Morgan fingerprint density at radius 1 is 1.10 bits per heavy atom. The molecule has 0 spiro atoms. The summed E-state index contributed by atoms with van der Waals surface area (Å²) in [6.07, 6.45) is 0.783. The second-order valence-electron chi connectivity index (χ2n) is 6.10. The van der Waals surface area contributed by atoms with Gasteiger partial charge in [-0.3, -0.25) is 9.59 Å². The molecule has 0 saturated carbocycles. The summed E-state index contributed by atoms with van der Waals surface area (Å²) in [5.74, 6) is -1.17. The van der Waals surface area contributed by atoms with Gasteiger partial charge in [0.05, 0.1) is 12.0 Å². The number of aliphatic carboxylic acids is 1. The van der Waals surface area contributed by atoms with Crippen molar-refractivity contribution in [3.05, 3.63) is 0 Å². The molecule has 6 heteroatoms. The number of carboxylic acids is 1. The number of aliphatic hydroxyl groups is 1. The van der Waals surface area contributed by atoms with Crippen molar-refractivity contribution in [3.63, 3.8) is 0 Å². The molecule has 0 aliphatic rings. The Balaban J connectivity index is 0. The van der Waals surface area contributed by atoms with Crippen LogP contribution in [0.25, 0.3) is 0 Å². The smallest absolute Gasteiger partial charge is 0.306 e. The van der Waals surface area contributed by atoms with Crippen molar-refractivity contribution in [1.82, 2.24) is 0 Å². The van der Waals surface area contributed by atoms with Crippen LogP contribution < -0.4 is 11.5 Å². The number of carboxylic acid groups (broad SMARTS) is 1. The third-order valence-corrected chi connectivity index (χ3v) is 3.17. The van der Waals surface area contributed by atoms with Crippen molar-refractivity contribution in [2.75, 3.05) is 0 Å². The Labute approximate surface area is 127 Å². The lowest BCUT2D eigenvalue weighted by atomic mass is 9.91. The lowest BCUT2D eigenvalue weighted by Gasteiger charge is -2.22. The quantitative estimate of drug-likeness (QED) is 0.538. The number of hydrogen-bond donors (Lipinski definition) is 4. The number of carbonyl (C=O) groups is 2. The number of hydrogen-bond acceptors (Lipinski definition) is 4. The molecule has 0 fully saturated rings. The lowest BCUT2D eigenvalue weighted by molar-refractivity contribution is -0.143. The minimum Gasteiger partial charge on any atom is -0.481 e. The Hall–Kier alpha value is -1.14. The summed E-state index contributed by atoms with van der Waals surface area (Å²) >= 11 is 0. The zero-order valence-electron chi connectivity index (χ0n) is 13.9. The first-order valence-corrected chi connectivity index (χ1v) is 7.48. The minimum absolute atomic E-state index is 0.00926. The van der Waals surface area contributed by atoms with Crippen LogP contribution >= 0.6 is 0 Å². The average Bonchev–Trinajstić information content (AvgIpc) is 2.34. The lowest BCUT2D eigenvalue weighted by Crippen LogP contribution is -2.38. The standard InChI is InChI=1S/C11H23NO3.C4H9NO/c1-4-8(11(14)15)6-10(13)9(12)5-7(2)3;1-3(2)4(5)6/h7-10,13H,4-6,12H2,1-3H3,(H,14,15);3H,1-2H3,(H2,5,6). The van der Waals surface area contributed by atoms with Crippen LogP contribution in [0.4, 0.5) is 0 Å². The molecule has 6 N–H and O–H groups in total. The summed E-state index contributed by atoms with van der Waals surface area (Å²) in [5, 5.41) is 18.6. The molecule has 0 saturated heterocycles. The molecule has 0 radical (unpaired) electrons. The first-order chi connectivity index (χ1) is 9.52. The maximum atomic E-state index is 10.8. The van der Waals surface area contributed by atoms with Crippen molar-refractivity contribution in [1.29, 1.82) is 0 Å². The summed E-state index contributed by atoms with van der Waals surface area (Å²) in [4.78, 5) is 20.7. The van der Waals surface area contributed by atoms with Gasteiger partial charge in [0, 0.05) is 12.0 Å². The molecule has 21 heavy (non-hydrogen) atoms. The monoisotopic (exact) mass is 304 g/mol. The van der Waals surface area contributed by atoms with E-state index >= 15 is 0 Å². The highest BCUT2D eigenvalue weighted by molar-refractivity contribution is 5.75. The molecule has 0 heterocycles. The number of aliphatic hydroxyl groups excluding tert-OH is 1. The van der Waals surface area contributed by atoms with E-state index < -0.39 is 18.0 Å². The summed E-state index contributed by atoms with van der Waals surface area (Å²) in [5.41, 5.74) is 10.6. The van der Waals surface area contributed by atoms with E-state index in [0.717, 1.165) is 6.42 Å². The number of rotatable bonds is 8. The van der Waals surface area contributed by atoms with E-state index in [1.807, 2.05) is 13.8 Å². The van der Waals surface area contributed by atoms with E-state index in [0.29, 0.717) is 12.3 Å². The Kier molecular flexibility index (Phi) is 12.1. The molecule has 6 nitrogen and oxygen atoms in total. The predicted molar refractivity (Wildman–Crippen MR) is 83.5 cm³/mol. The zero-order chi connectivity index (χ0) is 17.2. The molecule has 0 aliphatic heterocycles. The number of primary amides is 1. The molecular formula is C15H32N2O4. The molecule has 3 unspecified atom stereocenters. The van der Waals surface area contributed by atoms with Crippen LogP contribution in [0.1, 0.15) is 53.9 Å². The topological polar surface area (TPSA) is 127 Å². The van der Waals surface area contributed by atoms with Gasteiger partial charge in [0.15, 0.2) is 0 Å². The molecule has 1 amide bonds. The van der Waals surface area contributed by atoms with E-state index in [4.69, 9.17) is 16.6 Å². The highest BCUT2D eigenvalue weighted by Gasteiger charge is 2.23. The van der Waals surface area contributed by atoms with Crippen LogP contribution in [0.3, 0.4) is 0 Å². The second kappa shape index (κ2) is 11.5. The van der Waals surface area contributed by atoms with E-state index in [-0.39, 0.29) is 24.3 Å². The zero-order valence-corrected chi connectivity index (χ0v) is 13.9. The third-order valence-electron chi connectivity index (χ3n) is 3.17. The summed E-state index contributed by atoms with van der Waals surface area (Å²) in [6, 6.07) is -0.321. The van der Waals surface area contributed by atoms with Crippen molar-refractivity contribution in [3.8, 4) is 0 Å². The first kappa shape index (κ1) is 22.1. The van der Waals surface area contributed by atoms with Gasteiger partial charge in [-0.05, 0) is 25.2 Å². The highest BCUT2D eigenvalue weighted by Crippen LogP contribution is 2.16. The Bertz CT molecular complexity index is 306. The molecule has 0 aliphatic carbocycles. The number of nitrogens with two attached hydrogens (primary N) is 2. The van der Waals surface area contributed by atoms with Crippen LogP contribution in [0.5, 0.6) is 0 Å². The fourth-order valence-corrected chi connectivity index (χ4v) is 1.61. The van der Waals surface area contributed by atoms with Gasteiger partial charge >= 0.3 is 5.97 Å². The van der Waals surface area contributed by atoms with E-state index in [2.05, 4.69) is 0 Å². The van der Waals surface area contributed by atoms with Crippen molar-refractivity contribution in [2.45, 2.75) is 66.0 Å². The Morgan fingerprint density at radius 2 is 1.52 bits per heavy atom. The van der Waals surface area contributed by atoms with Gasteiger partial charge in [-0.1, -0.05) is 34.6 Å². The average molecular weight is 304 g/mol. The van der Waals surface area contributed by atoms with Gasteiger partial charge < -0.3 is 21.7 Å². The van der Waals surface area contributed by atoms with Crippen LogP contribution in [0.15, 0.2) is 0 Å². The molecule has 0 aromatic carbocycles. The van der Waals surface area contributed by atoms with E-state index in [1.165, 1.54) is 0 Å². The fraction of sp³-hybridized carbons (Fsp3) is 0.867. The van der Waals surface area contributed by atoms with Crippen molar-refractivity contribution in [2.24, 2.45) is 29.2 Å². The van der Waals surface area contributed by atoms with Gasteiger partial charge in [0.25, 0.3) is 0 Å². The van der Waals surface area contributed by atoms with E-state index in [9.17, 15) is 14.7 Å². The van der Waals surface area contributed by atoms with Gasteiger partial charge in [-0.15, -0.1) is 0 Å². The number of amides is 1. The SMILES string of the molecule is CC(C)C(N)=O.CCC(CC(O)C(N)CC(C)C)C(=O)O. The molecule has 0 bridgehead atoms. The maximum Gasteiger partial charge on any atom is 0.306 e. The third kappa shape index (κ3) is 12.3. The normalized spacial score (nSPS) is 15.1. The van der Waals surface area contributed by atoms with Crippen LogP contribution in [-0.4, -0.2) is 34.2 Å². The molecule has 126 valence electrons. The largest absolute Gasteiger partial charge is 0.481 e. The van der Waals surface area contributed by atoms with Gasteiger partial charge in [-0.25, -0.2) is 0 Å². The van der Waals surface area contributed by atoms with Crippen molar-refractivity contribution >= 4 is 11.9 Å². The van der Waals surface area contributed by atoms with Gasteiger partial charge in [0.1, 0.15) is 0 Å². The minimum atomic E-state index is -0.853. The van der Waals surface area contributed by atoms with Crippen molar-refractivity contribution < 1.29 is 19.8 Å². The molecule has 0 aromatic rings. The highest BCUT2D eigenvalue weighted by atomic mass is 16.4. The molecule has 3 atom stereocenters. The van der Waals surface area contributed by atoms with E-state index in [1.54, 1.807) is 20.8 Å². The maximum absolute atomic E-state index is 10.8. The summed E-state index contributed by atoms with van der Waals surface area (Å²) in [7, 11) is 0. The molecule has 0 rings (SSSR count). The van der Waals surface area contributed by atoms with Crippen LogP contribution in [0.2, 0.25) is 0 Å². The molecule has 0 aromatic heterocycles. The predicted octanol–water partition coefficient (Wildman–Crippen LogP) is 1.35. The summed E-state index contributed by atoms with van der Waals surface area (Å²) < 4.78 is 0. The van der Waals surface area contributed by atoms with Crippen LogP contribution in [-0.2, 0) is 9.59 Å².